The first-order valence-electron chi connectivity index (χ1n) is 10.4. The zero-order valence-corrected chi connectivity index (χ0v) is 19.0. The van der Waals surface area contributed by atoms with Crippen molar-refractivity contribution in [2.75, 3.05) is 13.6 Å². The number of aryl methyl sites for hydroxylation is 1. The maximum Gasteiger partial charge on any atom is 0.257 e. The molecule has 3 heterocycles. The lowest BCUT2D eigenvalue weighted by atomic mass is 10.1. The van der Waals surface area contributed by atoms with Crippen molar-refractivity contribution < 1.29 is 18.7 Å². The number of halogens is 1. The summed E-state index contributed by atoms with van der Waals surface area (Å²) in [5.41, 5.74) is 2.06. The standard InChI is InChI=1S/C24H24FN3O4S/c1-14-20(13-28(2)12-18(29)19-4-3-9-32-19)33-23-21(14)26-11-17(22(23)30)24(31)27-10-15-5-7-16(25)8-6-15/h3-9,11,18,29H,10,12-13H2,1-2H3,(H,26,30)(H,27,31)/t18-/m1/s1. The Kier molecular flexibility index (Phi) is 6.73. The van der Waals surface area contributed by atoms with E-state index in [4.69, 9.17) is 4.42 Å². The van der Waals surface area contributed by atoms with Crippen LogP contribution in [0.1, 0.15) is 38.2 Å². The summed E-state index contributed by atoms with van der Waals surface area (Å²) in [6, 6.07) is 9.26. The molecule has 0 saturated carbocycles. The number of hydrogen-bond donors (Lipinski definition) is 3. The number of H-pyrrole nitrogens is 1. The molecule has 0 unspecified atom stereocenters. The zero-order valence-electron chi connectivity index (χ0n) is 18.2. The Bertz CT molecular complexity index is 1310. The molecule has 1 amide bonds. The van der Waals surface area contributed by atoms with Gasteiger partial charge in [-0.15, -0.1) is 11.3 Å². The molecule has 1 aromatic carbocycles. The first kappa shape index (κ1) is 22.9. The number of aliphatic hydroxyl groups is 1. The number of carbonyl (C=O) groups excluding carboxylic acids is 1. The molecule has 0 aliphatic carbocycles. The van der Waals surface area contributed by atoms with Gasteiger partial charge in [-0.25, -0.2) is 4.39 Å². The van der Waals surface area contributed by atoms with E-state index in [-0.39, 0.29) is 23.4 Å². The van der Waals surface area contributed by atoms with Crippen LogP contribution in [-0.2, 0) is 13.1 Å². The number of benzene rings is 1. The largest absolute Gasteiger partial charge is 0.467 e. The highest BCUT2D eigenvalue weighted by atomic mass is 32.1. The summed E-state index contributed by atoms with van der Waals surface area (Å²) in [6.07, 6.45) is 2.20. The van der Waals surface area contributed by atoms with Crippen molar-refractivity contribution in [1.82, 2.24) is 15.2 Å². The van der Waals surface area contributed by atoms with Crippen molar-refractivity contribution in [1.29, 1.82) is 0 Å². The van der Waals surface area contributed by atoms with Crippen LogP contribution in [0.15, 0.2) is 58.1 Å². The number of aromatic nitrogens is 1. The van der Waals surface area contributed by atoms with Crippen molar-refractivity contribution >= 4 is 27.5 Å². The maximum absolute atomic E-state index is 13.0. The fraction of sp³-hybridized carbons (Fsp3) is 0.250. The average Bonchev–Trinajstić information content (AvgIpc) is 3.43. The van der Waals surface area contributed by atoms with Gasteiger partial charge in [-0.1, -0.05) is 12.1 Å². The van der Waals surface area contributed by atoms with E-state index in [1.54, 1.807) is 24.3 Å². The van der Waals surface area contributed by atoms with Gasteiger partial charge in [0.1, 0.15) is 23.2 Å². The topological polar surface area (TPSA) is 98.6 Å². The second-order valence-electron chi connectivity index (χ2n) is 7.92. The number of aliphatic hydroxyl groups excluding tert-OH is 1. The molecule has 3 N–H and O–H groups in total. The number of carbonyl (C=O) groups is 1. The molecule has 3 aromatic heterocycles. The smallest absolute Gasteiger partial charge is 0.257 e. The minimum atomic E-state index is -0.752. The molecule has 0 saturated heterocycles. The molecule has 9 heteroatoms. The van der Waals surface area contributed by atoms with E-state index >= 15 is 0 Å². The quantitative estimate of drug-likeness (QED) is 0.365. The molecule has 0 fully saturated rings. The molecule has 4 aromatic rings. The Morgan fingerprint density at radius 1 is 1.30 bits per heavy atom. The molecule has 172 valence electrons. The van der Waals surface area contributed by atoms with Crippen LogP contribution in [0, 0.1) is 12.7 Å². The Balaban J connectivity index is 1.48. The second-order valence-corrected chi connectivity index (χ2v) is 9.03. The normalized spacial score (nSPS) is 12.4. The summed E-state index contributed by atoms with van der Waals surface area (Å²) >= 11 is 1.34. The summed E-state index contributed by atoms with van der Waals surface area (Å²) in [6.45, 7) is 3.01. The number of furan rings is 1. The van der Waals surface area contributed by atoms with Crippen LogP contribution < -0.4 is 10.7 Å². The van der Waals surface area contributed by atoms with Gasteiger partial charge in [-0.2, -0.15) is 0 Å². The van der Waals surface area contributed by atoms with Crippen LogP contribution in [0.25, 0.3) is 10.2 Å². The van der Waals surface area contributed by atoms with Gasteiger partial charge in [-0.05, 0) is 49.4 Å². The molecule has 4 rings (SSSR count). The van der Waals surface area contributed by atoms with Gasteiger partial charge in [0, 0.05) is 30.7 Å². The number of amides is 1. The fourth-order valence-electron chi connectivity index (χ4n) is 3.60. The highest BCUT2D eigenvalue weighted by Crippen LogP contribution is 2.28. The number of hydrogen-bond acceptors (Lipinski definition) is 6. The summed E-state index contributed by atoms with van der Waals surface area (Å²) in [5.74, 6) is -0.341. The van der Waals surface area contributed by atoms with Crippen molar-refractivity contribution in [2.24, 2.45) is 0 Å². The fourth-order valence-corrected chi connectivity index (χ4v) is 4.90. The lowest BCUT2D eigenvalue weighted by molar-refractivity contribution is 0.0949. The first-order valence-corrected chi connectivity index (χ1v) is 11.2. The van der Waals surface area contributed by atoms with Gasteiger partial charge in [0.05, 0.1) is 16.5 Å². The Labute approximate surface area is 193 Å². The van der Waals surface area contributed by atoms with E-state index in [0.717, 1.165) is 16.0 Å². The third-order valence-electron chi connectivity index (χ3n) is 5.44. The molecule has 0 radical (unpaired) electrons. The second kappa shape index (κ2) is 9.70. The number of fused-ring (bicyclic) bond motifs is 1. The SMILES string of the molecule is Cc1c(CN(C)C[C@@H](O)c2ccco2)sc2c(=O)c(C(=O)NCc3ccc(F)cc3)c[nH]c12. The predicted octanol–water partition coefficient (Wildman–Crippen LogP) is 3.73. The molecular formula is C24H24FN3O4S. The zero-order chi connectivity index (χ0) is 23.5. The number of rotatable bonds is 8. The van der Waals surface area contributed by atoms with Crippen LogP contribution >= 0.6 is 11.3 Å². The lowest BCUT2D eigenvalue weighted by Gasteiger charge is -2.19. The van der Waals surface area contributed by atoms with E-state index < -0.39 is 12.0 Å². The summed E-state index contributed by atoms with van der Waals surface area (Å²) < 4.78 is 18.8. The van der Waals surface area contributed by atoms with E-state index in [0.29, 0.717) is 29.1 Å². The summed E-state index contributed by atoms with van der Waals surface area (Å²) in [5, 5.41) is 13.0. The van der Waals surface area contributed by atoms with Crippen LogP contribution in [0.4, 0.5) is 4.39 Å². The predicted molar refractivity (Wildman–Crippen MR) is 125 cm³/mol. The van der Waals surface area contributed by atoms with Crippen LogP contribution in [0.3, 0.4) is 0 Å². The third-order valence-corrected chi connectivity index (χ3v) is 6.71. The molecule has 33 heavy (non-hydrogen) atoms. The van der Waals surface area contributed by atoms with Gasteiger partial charge in [0.15, 0.2) is 0 Å². The van der Waals surface area contributed by atoms with E-state index in [1.807, 2.05) is 18.9 Å². The maximum atomic E-state index is 13.0. The number of nitrogens with zero attached hydrogens (tertiary/aromatic N) is 1. The minimum absolute atomic E-state index is 0.0269. The Hall–Kier alpha value is -3.27. The molecule has 0 spiro atoms. The van der Waals surface area contributed by atoms with E-state index in [1.165, 1.54) is 35.9 Å². The minimum Gasteiger partial charge on any atom is -0.467 e. The van der Waals surface area contributed by atoms with Gasteiger partial charge >= 0.3 is 0 Å². The van der Waals surface area contributed by atoms with Crippen molar-refractivity contribution in [3.63, 3.8) is 0 Å². The van der Waals surface area contributed by atoms with Crippen molar-refractivity contribution in [2.45, 2.75) is 26.1 Å². The van der Waals surface area contributed by atoms with Gasteiger partial charge in [0.25, 0.3) is 5.91 Å². The molecule has 1 atom stereocenters. The van der Waals surface area contributed by atoms with E-state index in [9.17, 15) is 19.1 Å². The van der Waals surface area contributed by atoms with Crippen molar-refractivity contribution in [3.8, 4) is 0 Å². The third kappa shape index (κ3) is 5.05. The molecular weight excluding hydrogens is 445 g/mol. The van der Waals surface area contributed by atoms with Crippen molar-refractivity contribution in [3.05, 3.63) is 92.2 Å². The molecule has 7 nitrogen and oxygen atoms in total. The molecule has 0 aliphatic heterocycles. The van der Waals surface area contributed by atoms with Crippen LogP contribution in [0.2, 0.25) is 0 Å². The summed E-state index contributed by atoms with van der Waals surface area (Å²) in [4.78, 5) is 31.6. The van der Waals surface area contributed by atoms with Crippen LogP contribution in [-0.4, -0.2) is 34.5 Å². The van der Waals surface area contributed by atoms with Gasteiger partial charge in [-0.3, -0.25) is 14.5 Å². The molecule has 0 bridgehead atoms. The Morgan fingerprint density at radius 2 is 2.06 bits per heavy atom. The number of pyridine rings is 1. The number of aromatic amines is 1. The van der Waals surface area contributed by atoms with Crippen LogP contribution in [0.5, 0.6) is 0 Å². The number of nitrogens with one attached hydrogen (secondary N) is 2. The lowest BCUT2D eigenvalue weighted by Crippen LogP contribution is -2.28. The summed E-state index contributed by atoms with van der Waals surface area (Å²) in [7, 11) is 1.88. The van der Waals surface area contributed by atoms with Gasteiger partial charge in [0.2, 0.25) is 5.43 Å². The highest BCUT2D eigenvalue weighted by Gasteiger charge is 2.20. The van der Waals surface area contributed by atoms with E-state index in [2.05, 4.69) is 10.3 Å². The Morgan fingerprint density at radius 3 is 2.76 bits per heavy atom. The molecule has 0 aliphatic rings. The number of likely N-dealkylation sites (N-methyl/N-ethyl adjacent to an activating group) is 1. The van der Waals surface area contributed by atoms with Gasteiger partial charge < -0.3 is 19.8 Å². The monoisotopic (exact) mass is 469 g/mol. The number of thiophene rings is 1. The highest BCUT2D eigenvalue weighted by molar-refractivity contribution is 7.19. The first-order chi connectivity index (χ1) is 15.8. The average molecular weight is 470 g/mol.